The number of rotatable bonds is 5. The Morgan fingerprint density at radius 3 is 2.55 bits per heavy atom. The van der Waals surface area contributed by atoms with E-state index in [4.69, 9.17) is 4.98 Å². The summed E-state index contributed by atoms with van der Waals surface area (Å²) in [6.45, 7) is 8.88. The normalized spacial score (nSPS) is 17.9. The molecule has 0 atom stereocenters. The van der Waals surface area contributed by atoms with Gasteiger partial charge in [0.1, 0.15) is 5.01 Å². The first-order chi connectivity index (χ1) is 9.50. The molecular weight excluding hydrogens is 332 g/mol. The van der Waals surface area contributed by atoms with E-state index in [9.17, 15) is 0 Å². The van der Waals surface area contributed by atoms with Gasteiger partial charge in [-0.2, -0.15) is 0 Å². The van der Waals surface area contributed by atoms with Crippen molar-refractivity contribution in [2.75, 3.05) is 11.9 Å². The van der Waals surface area contributed by atoms with E-state index in [0.717, 1.165) is 24.5 Å². The lowest BCUT2D eigenvalue weighted by Crippen LogP contribution is -2.37. The van der Waals surface area contributed by atoms with Crippen molar-refractivity contribution in [1.82, 2.24) is 9.88 Å². The second-order valence-corrected chi connectivity index (χ2v) is 8.56. The number of hydrogen-bond donors (Lipinski definition) is 0. The molecule has 0 spiro atoms. The number of aromatic nitrogens is 1. The average Bonchev–Trinajstić information content (AvgIpc) is 2.88. The Morgan fingerprint density at radius 2 is 2.00 bits per heavy atom. The molecule has 1 aromatic rings. The lowest BCUT2D eigenvalue weighted by molar-refractivity contribution is 0.157. The van der Waals surface area contributed by atoms with Crippen molar-refractivity contribution in [3.63, 3.8) is 0 Å². The smallest absolute Gasteiger partial charge is 0.107 e. The molecular formula is C16H27BrN2S. The zero-order valence-corrected chi connectivity index (χ0v) is 15.4. The second-order valence-electron chi connectivity index (χ2n) is 6.83. The van der Waals surface area contributed by atoms with Gasteiger partial charge in [-0.05, 0) is 12.8 Å². The summed E-state index contributed by atoms with van der Waals surface area (Å²) in [5.41, 5.74) is 1.40. The number of hydrogen-bond acceptors (Lipinski definition) is 3. The van der Waals surface area contributed by atoms with E-state index < -0.39 is 0 Å². The van der Waals surface area contributed by atoms with Crippen molar-refractivity contribution in [3.05, 3.63) is 16.1 Å². The first kappa shape index (κ1) is 16.4. The maximum atomic E-state index is 4.86. The molecule has 1 saturated carbocycles. The Hall–Kier alpha value is 0.0700. The summed E-state index contributed by atoms with van der Waals surface area (Å²) < 4.78 is 0. The SMILES string of the molecule is CC(C)(C)c1csc(CN(CCBr)C2CCCCC2)n1. The molecule has 0 amide bonds. The summed E-state index contributed by atoms with van der Waals surface area (Å²) in [5, 5.41) is 4.57. The molecule has 1 heterocycles. The average molecular weight is 359 g/mol. The molecule has 0 aromatic carbocycles. The van der Waals surface area contributed by atoms with E-state index in [-0.39, 0.29) is 5.41 Å². The Kier molecular flexibility index (Phi) is 6.06. The van der Waals surface area contributed by atoms with Crippen LogP contribution in [0.4, 0.5) is 0 Å². The van der Waals surface area contributed by atoms with Crippen LogP contribution in [0.25, 0.3) is 0 Å². The van der Waals surface area contributed by atoms with E-state index in [2.05, 4.69) is 47.0 Å². The third-order valence-corrected chi connectivity index (χ3v) is 5.31. The molecule has 0 saturated heterocycles. The van der Waals surface area contributed by atoms with E-state index in [1.54, 1.807) is 0 Å². The van der Waals surface area contributed by atoms with Crippen molar-refractivity contribution in [2.45, 2.75) is 70.9 Å². The Balaban J connectivity index is 2.01. The summed E-state index contributed by atoms with van der Waals surface area (Å²) in [6.07, 6.45) is 6.95. The van der Waals surface area contributed by atoms with Crippen LogP contribution in [0.3, 0.4) is 0 Å². The molecule has 2 rings (SSSR count). The molecule has 1 aliphatic carbocycles. The van der Waals surface area contributed by atoms with Gasteiger partial charge in [-0.15, -0.1) is 11.3 Å². The van der Waals surface area contributed by atoms with Gasteiger partial charge in [-0.3, -0.25) is 4.90 Å². The van der Waals surface area contributed by atoms with Crippen molar-refractivity contribution in [2.24, 2.45) is 0 Å². The van der Waals surface area contributed by atoms with Gasteiger partial charge >= 0.3 is 0 Å². The predicted molar refractivity (Wildman–Crippen MR) is 91.9 cm³/mol. The topological polar surface area (TPSA) is 16.1 Å². The van der Waals surface area contributed by atoms with Crippen LogP contribution in [0.15, 0.2) is 5.38 Å². The lowest BCUT2D eigenvalue weighted by atomic mass is 9.93. The first-order valence-electron chi connectivity index (χ1n) is 7.75. The summed E-state index contributed by atoms with van der Waals surface area (Å²) in [5.74, 6) is 0. The molecule has 2 nitrogen and oxygen atoms in total. The van der Waals surface area contributed by atoms with Crippen LogP contribution in [-0.4, -0.2) is 27.8 Å². The molecule has 1 fully saturated rings. The van der Waals surface area contributed by atoms with Crippen LogP contribution in [0, 0.1) is 0 Å². The fourth-order valence-corrected chi connectivity index (χ4v) is 4.35. The van der Waals surface area contributed by atoms with Crippen molar-refractivity contribution in [3.8, 4) is 0 Å². The third kappa shape index (κ3) is 4.54. The lowest BCUT2D eigenvalue weighted by Gasteiger charge is -2.33. The number of nitrogens with zero attached hydrogens (tertiary/aromatic N) is 2. The van der Waals surface area contributed by atoms with Gasteiger partial charge in [0.15, 0.2) is 0 Å². The minimum Gasteiger partial charge on any atom is -0.293 e. The quantitative estimate of drug-likeness (QED) is 0.690. The number of alkyl halides is 1. The predicted octanol–water partition coefficient (Wildman–Crippen LogP) is 4.97. The first-order valence-corrected chi connectivity index (χ1v) is 9.75. The molecule has 1 aliphatic rings. The minimum absolute atomic E-state index is 0.167. The molecule has 4 heteroatoms. The Labute approximate surface area is 136 Å². The van der Waals surface area contributed by atoms with Crippen LogP contribution in [0.2, 0.25) is 0 Å². The summed E-state index contributed by atoms with van der Waals surface area (Å²) >= 11 is 5.43. The highest BCUT2D eigenvalue weighted by molar-refractivity contribution is 9.09. The zero-order chi connectivity index (χ0) is 14.6. The van der Waals surface area contributed by atoms with E-state index >= 15 is 0 Å². The standard InChI is InChI=1S/C16H27BrN2S/c1-16(2,3)14-12-20-15(18-14)11-19(10-9-17)13-7-5-4-6-8-13/h12-13H,4-11H2,1-3H3. The van der Waals surface area contributed by atoms with Gasteiger partial charge in [0.25, 0.3) is 0 Å². The van der Waals surface area contributed by atoms with Gasteiger partial charge in [0.2, 0.25) is 0 Å². The van der Waals surface area contributed by atoms with E-state index in [1.165, 1.54) is 42.8 Å². The Morgan fingerprint density at radius 1 is 1.30 bits per heavy atom. The minimum atomic E-state index is 0.167. The fraction of sp³-hybridized carbons (Fsp3) is 0.812. The van der Waals surface area contributed by atoms with Crippen molar-refractivity contribution < 1.29 is 0 Å². The largest absolute Gasteiger partial charge is 0.293 e. The van der Waals surface area contributed by atoms with Gasteiger partial charge in [0.05, 0.1) is 12.2 Å². The molecule has 114 valence electrons. The highest BCUT2D eigenvalue weighted by atomic mass is 79.9. The maximum absolute atomic E-state index is 4.86. The van der Waals surface area contributed by atoms with Crippen LogP contribution in [-0.2, 0) is 12.0 Å². The molecule has 0 radical (unpaired) electrons. The summed E-state index contributed by atoms with van der Waals surface area (Å²) in [7, 11) is 0. The van der Waals surface area contributed by atoms with Crippen LogP contribution < -0.4 is 0 Å². The molecule has 0 aliphatic heterocycles. The van der Waals surface area contributed by atoms with Crippen molar-refractivity contribution in [1.29, 1.82) is 0 Å². The summed E-state index contributed by atoms with van der Waals surface area (Å²) in [6, 6.07) is 0.767. The number of halogens is 1. The van der Waals surface area contributed by atoms with Crippen LogP contribution in [0.1, 0.15) is 63.6 Å². The highest BCUT2D eigenvalue weighted by Gasteiger charge is 2.23. The van der Waals surface area contributed by atoms with Crippen LogP contribution in [0.5, 0.6) is 0 Å². The van der Waals surface area contributed by atoms with Gasteiger partial charge in [0, 0.05) is 28.7 Å². The monoisotopic (exact) mass is 358 g/mol. The third-order valence-electron chi connectivity index (χ3n) is 4.12. The highest BCUT2D eigenvalue weighted by Crippen LogP contribution is 2.27. The number of thiazole rings is 1. The molecule has 0 bridgehead atoms. The van der Waals surface area contributed by atoms with Gasteiger partial charge in [-0.1, -0.05) is 56.0 Å². The van der Waals surface area contributed by atoms with Gasteiger partial charge < -0.3 is 0 Å². The summed E-state index contributed by atoms with van der Waals surface area (Å²) in [4.78, 5) is 7.50. The van der Waals surface area contributed by atoms with E-state index in [0.29, 0.717) is 0 Å². The molecule has 1 aromatic heterocycles. The molecule has 0 N–H and O–H groups in total. The Bertz CT molecular complexity index is 405. The van der Waals surface area contributed by atoms with Crippen LogP contribution >= 0.6 is 27.3 Å². The van der Waals surface area contributed by atoms with Crippen molar-refractivity contribution >= 4 is 27.3 Å². The molecule has 0 unspecified atom stereocenters. The fourth-order valence-electron chi connectivity index (χ4n) is 2.85. The van der Waals surface area contributed by atoms with E-state index in [1.807, 2.05) is 11.3 Å². The molecule has 20 heavy (non-hydrogen) atoms. The van der Waals surface area contributed by atoms with Gasteiger partial charge in [-0.25, -0.2) is 4.98 Å². The second kappa shape index (κ2) is 7.37. The maximum Gasteiger partial charge on any atom is 0.107 e. The zero-order valence-electron chi connectivity index (χ0n) is 13.0.